The van der Waals surface area contributed by atoms with Gasteiger partial charge in [-0.25, -0.2) is 14.6 Å². The van der Waals surface area contributed by atoms with Crippen LogP contribution >= 0.6 is 0 Å². The number of benzene rings is 2. The van der Waals surface area contributed by atoms with E-state index in [4.69, 9.17) is 9.15 Å². The van der Waals surface area contributed by atoms with Gasteiger partial charge in [0.15, 0.2) is 0 Å². The third-order valence-electron chi connectivity index (χ3n) is 3.65. The maximum atomic E-state index is 13.3. The first-order valence-corrected chi connectivity index (χ1v) is 8.30. The Kier molecular flexibility index (Phi) is 4.95. The highest BCUT2D eigenvalue weighted by Gasteiger charge is 2.21. The molecule has 0 saturated heterocycles. The number of amides is 1. The van der Waals surface area contributed by atoms with E-state index in [1.54, 1.807) is 32.9 Å². The third kappa shape index (κ3) is 4.40. The summed E-state index contributed by atoms with van der Waals surface area (Å²) in [4.78, 5) is 12.0. The van der Waals surface area contributed by atoms with Crippen molar-refractivity contribution in [3.63, 3.8) is 0 Å². The van der Waals surface area contributed by atoms with Gasteiger partial charge in [0, 0.05) is 5.39 Å². The van der Waals surface area contributed by atoms with Crippen LogP contribution in [0.4, 0.5) is 9.18 Å². The molecule has 1 aromatic heterocycles. The van der Waals surface area contributed by atoms with E-state index in [1.165, 1.54) is 12.1 Å². The summed E-state index contributed by atoms with van der Waals surface area (Å²) in [5, 5.41) is 0.939. The molecule has 2 N–H and O–H groups in total. The highest BCUT2D eigenvalue weighted by atomic mass is 19.1. The number of furan rings is 1. The van der Waals surface area contributed by atoms with E-state index in [9.17, 15) is 9.18 Å². The Bertz CT molecular complexity index is 864. The van der Waals surface area contributed by atoms with Gasteiger partial charge < -0.3 is 9.15 Å². The molecule has 1 atom stereocenters. The highest BCUT2D eigenvalue weighted by molar-refractivity contribution is 5.78. The van der Waals surface area contributed by atoms with Crippen LogP contribution in [-0.2, 0) is 4.74 Å². The van der Waals surface area contributed by atoms with Crippen molar-refractivity contribution in [1.82, 2.24) is 10.9 Å². The van der Waals surface area contributed by atoms with Gasteiger partial charge in [0.25, 0.3) is 0 Å². The zero-order chi connectivity index (χ0) is 18.7. The van der Waals surface area contributed by atoms with Crippen LogP contribution in [0.3, 0.4) is 0 Å². The van der Waals surface area contributed by atoms with Gasteiger partial charge in [-0.3, -0.25) is 5.43 Å². The molecule has 0 spiro atoms. The van der Waals surface area contributed by atoms with Gasteiger partial charge in [0.05, 0.1) is 0 Å². The lowest BCUT2D eigenvalue weighted by Gasteiger charge is -2.22. The Balaban J connectivity index is 1.86. The van der Waals surface area contributed by atoms with Crippen LogP contribution in [-0.4, -0.2) is 11.7 Å². The predicted molar refractivity (Wildman–Crippen MR) is 97.0 cm³/mol. The molecule has 1 amide bonds. The molecule has 3 rings (SSSR count). The number of carbonyl (C=O) groups excluding carboxylic acids is 1. The van der Waals surface area contributed by atoms with E-state index in [0.29, 0.717) is 5.76 Å². The molecule has 0 aliphatic rings. The first kappa shape index (κ1) is 17.9. The number of fused-ring (bicyclic) bond motifs is 1. The summed E-state index contributed by atoms with van der Waals surface area (Å²) in [7, 11) is 0. The zero-order valence-electron chi connectivity index (χ0n) is 14.9. The molecule has 3 aromatic rings. The van der Waals surface area contributed by atoms with E-state index in [2.05, 4.69) is 10.9 Å². The fourth-order valence-electron chi connectivity index (χ4n) is 2.55. The minimum Gasteiger partial charge on any atom is -0.459 e. The van der Waals surface area contributed by atoms with Crippen LogP contribution in [0.15, 0.2) is 59.0 Å². The van der Waals surface area contributed by atoms with Crippen LogP contribution in [0, 0.1) is 5.82 Å². The molecule has 0 aliphatic heterocycles. The second-order valence-corrected chi connectivity index (χ2v) is 6.94. The predicted octanol–water partition coefficient (Wildman–Crippen LogP) is 4.69. The number of hydrogen-bond acceptors (Lipinski definition) is 4. The van der Waals surface area contributed by atoms with Crippen LogP contribution in [0.5, 0.6) is 0 Å². The van der Waals surface area contributed by atoms with Gasteiger partial charge in [-0.15, -0.1) is 0 Å². The van der Waals surface area contributed by atoms with Crippen molar-refractivity contribution in [1.29, 1.82) is 0 Å². The van der Waals surface area contributed by atoms with Gasteiger partial charge >= 0.3 is 6.09 Å². The lowest BCUT2D eigenvalue weighted by atomic mass is 10.0. The topological polar surface area (TPSA) is 63.5 Å². The molecular formula is C20H21FN2O3. The number of rotatable bonds is 4. The summed E-state index contributed by atoms with van der Waals surface area (Å²) < 4.78 is 24.4. The number of nitrogens with one attached hydrogen (secondary N) is 2. The lowest BCUT2D eigenvalue weighted by molar-refractivity contribution is 0.0490. The normalized spacial score (nSPS) is 12.8. The molecular weight excluding hydrogens is 335 g/mol. The van der Waals surface area contributed by atoms with Crippen molar-refractivity contribution in [3.8, 4) is 0 Å². The second kappa shape index (κ2) is 7.17. The van der Waals surface area contributed by atoms with Crippen molar-refractivity contribution in [2.24, 2.45) is 0 Å². The summed E-state index contributed by atoms with van der Waals surface area (Å²) in [5.74, 6) is 0.256. The monoisotopic (exact) mass is 356 g/mol. The average molecular weight is 356 g/mol. The average Bonchev–Trinajstić information content (AvgIpc) is 2.98. The molecule has 136 valence electrons. The summed E-state index contributed by atoms with van der Waals surface area (Å²) in [6.45, 7) is 5.34. The Hall–Kier alpha value is -2.86. The molecule has 1 heterocycles. The highest BCUT2D eigenvalue weighted by Crippen LogP contribution is 2.28. The van der Waals surface area contributed by atoms with Gasteiger partial charge in [-0.05, 0) is 50.6 Å². The van der Waals surface area contributed by atoms with E-state index < -0.39 is 17.7 Å². The molecule has 0 bridgehead atoms. The van der Waals surface area contributed by atoms with Crippen molar-refractivity contribution in [2.45, 2.75) is 32.4 Å². The molecule has 0 aliphatic carbocycles. The van der Waals surface area contributed by atoms with Crippen LogP contribution < -0.4 is 10.9 Å². The summed E-state index contributed by atoms with van der Waals surface area (Å²) in [6.07, 6.45) is -0.610. The van der Waals surface area contributed by atoms with E-state index >= 15 is 0 Å². The van der Waals surface area contributed by atoms with Crippen molar-refractivity contribution >= 4 is 17.1 Å². The van der Waals surface area contributed by atoms with E-state index in [-0.39, 0.29) is 5.82 Å². The Morgan fingerprint density at radius 1 is 1.12 bits per heavy atom. The van der Waals surface area contributed by atoms with E-state index in [1.807, 2.05) is 30.3 Å². The fraction of sp³-hybridized carbons (Fsp3) is 0.250. The number of carbonyl (C=O) groups is 1. The number of hydrazine groups is 1. The van der Waals surface area contributed by atoms with Crippen LogP contribution in [0.1, 0.15) is 38.1 Å². The maximum absolute atomic E-state index is 13.3. The van der Waals surface area contributed by atoms with E-state index in [0.717, 1.165) is 16.5 Å². The number of para-hydroxylation sites is 1. The van der Waals surface area contributed by atoms with Crippen molar-refractivity contribution in [2.75, 3.05) is 0 Å². The minimum absolute atomic E-state index is 0.336. The number of hydrogen-bond donors (Lipinski definition) is 2. The smallest absolute Gasteiger partial charge is 0.422 e. The molecule has 26 heavy (non-hydrogen) atoms. The molecule has 2 aromatic carbocycles. The number of ether oxygens (including phenoxy) is 1. The van der Waals surface area contributed by atoms with Crippen molar-refractivity contribution < 1.29 is 18.3 Å². The Morgan fingerprint density at radius 2 is 1.81 bits per heavy atom. The minimum atomic E-state index is -0.615. The molecule has 5 nitrogen and oxygen atoms in total. The SMILES string of the molecule is CC(C)(C)OC(=O)NN[C@H](c1ccc(F)cc1)c1cc2ccccc2o1. The quantitative estimate of drug-likeness (QED) is 0.666. The van der Waals surface area contributed by atoms with Gasteiger partial charge in [-0.1, -0.05) is 30.3 Å². The largest absolute Gasteiger partial charge is 0.459 e. The first-order chi connectivity index (χ1) is 12.3. The number of halogens is 1. The molecule has 0 fully saturated rings. The molecule has 0 radical (unpaired) electrons. The van der Waals surface area contributed by atoms with Gasteiger partial charge in [0.2, 0.25) is 0 Å². The van der Waals surface area contributed by atoms with Crippen molar-refractivity contribution in [3.05, 3.63) is 71.7 Å². The summed E-state index contributed by atoms with van der Waals surface area (Å²) >= 11 is 0. The fourth-order valence-corrected chi connectivity index (χ4v) is 2.55. The van der Waals surface area contributed by atoms with Gasteiger partial charge in [-0.2, -0.15) is 0 Å². The standard InChI is InChI=1S/C20H21FN2O3/c1-20(2,3)26-19(24)23-22-18(13-8-10-15(21)11-9-13)17-12-14-6-4-5-7-16(14)25-17/h4-12,18,22H,1-3H3,(H,23,24)/t18-/m1/s1. The van der Waals surface area contributed by atoms with Crippen LogP contribution in [0.2, 0.25) is 0 Å². The molecule has 6 heteroatoms. The lowest BCUT2D eigenvalue weighted by Crippen LogP contribution is -2.43. The zero-order valence-corrected chi connectivity index (χ0v) is 14.9. The third-order valence-corrected chi connectivity index (χ3v) is 3.65. The second-order valence-electron chi connectivity index (χ2n) is 6.94. The first-order valence-electron chi connectivity index (χ1n) is 8.30. The summed E-state index contributed by atoms with van der Waals surface area (Å²) in [5.41, 5.74) is 6.30. The molecule has 0 saturated carbocycles. The Labute approximate surface area is 151 Å². The Morgan fingerprint density at radius 3 is 2.46 bits per heavy atom. The molecule has 0 unspecified atom stereocenters. The maximum Gasteiger partial charge on any atom is 0.422 e. The summed E-state index contributed by atoms with van der Waals surface area (Å²) in [6, 6.07) is 15.0. The van der Waals surface area contributed by atoms with Gasteiger partial charge in [0.1, 0.15) is 28.8 Å². The van der Waals surface area contributed by atoms with Crippen LogP contribution in [0.25, 0.3) is 11.0 Å².